The van der Waals surface area contributed by atoms with Crippen LogP contribution in [0.2, 0.25) is 0 Å². The fourth-order valence-electron chi connectivity index (χ4n) is 3.39. The van der Waals surface area contributed by atoms with E-state index in [0.29, 0.717) is 18.7 Å². The summed E-state index contributed by atoms with van der Waals surface area (Å²) in [5.41, 5.74) is 1.78. The molecule has 1 amide bonds. The number of amides is 1. The third-order valence-corrected chi connectivity index (χ3v) is 4.90. The van der Waals surface area contributed by atoms with Gasteiger partial charge in [-0.3, -0.25) is 4.79 Å². The zero-order chi connectivity index (χ0) is 19.2. The predicted octanol–water partition coefficient (Wildman–Crippen LogP) is 3.49. The maximum Gasteiger partial charge on any atom is 0.251 e. The van der Waals surface area contributed by atoms with Crippen molar-refractivity contribution < 1.29 is 14.3 Å². The van der Waals surface area contributed by atoms with Gasteiger partial charge in [0.1, 0.15) is 12.4 Å². The summed E-state index contributed by atoms with van der Waals surface area (Å²) in [6.45, 7) is 4.14. The Morgan fingerprint density at radius 2 is 1.71 bits per heavy atom. The van der Waals surface area contributed by atoms with Gasteiger partial charge in [0.15, 0.2) is 0 Å². The van der Waals surface area contributed by atoms with Crippen LogP contribution in [0.1, 0.15) is 10.4 Å². The van der Waals surface area contributed by atoms with Crippen molar-refractivity contribution in [1.29, 1.82) is 0 Å². The SMILES string of the molecule is O=C(NCCOc1cccc2ccccc12)c1ccc(N2CCOCC2)cc1. The van der Waals surface area contributed by atoms with Gasteiger partial charge in [-0.25, -0.2) is 0 Å². The van der Waals surface area contributed by atoms with E-state index >= 15 is 0 Å². The van der Waals surface area contributed by atoms with Crippen molar-refractivity contribution in [2.45, 2.75) is 0 Å². The van der Waals surface area contributed by atoms with Gasteiger partial charge in [-0.1, -0.05) is 36.4 Å². The van der Waals surface area contributed by atoms with E-state index in [1.807, 2.05) is 54.6 Å². The highest BCUT2D eigenvalue weighted by Gasteiger charge is 2.12. The number of ether oxygens (including phenoxy) is 2. The van der Waals surface area contributed by atoms with E-state index in [1.165, 1.54) is 0 Å². The molecule has 3 aromatic carbocycles. The molecule has 0 radical (unpaired) electrons. The Kier molecular flexibility index (Phi) is 5.73. The first-order chi connectivity index (χ1) is 13.8. The van der Waals surface area contributed by atoms with Crippen LogP contribution in [0.25, 0.3) is 10.8 Å². The average molecular weight is 376 g/mol. The van der Waals surface area contributed by atoms with Crippen LogP contribution in [0, 0.1) is 0 Å². The minimum absolute atomic E-state index is 0.0879. The second kappa shape index (κ2) is 8.76. The number of benzene rings is 3. The lowest BCUT2D eigenvalue weighted by Crippen LogP contribution is -2.36. The van der Waals surface area contributed by atoms with E-state index in [0.717, 1.165) is 48.5 Å². The number of rotatable bonds is 6. The Hall–Kier alpha value is -3.05. The summed E-state index contributed by atoms with van der Waals surface area (Å²) in [5.74, 6) is 0.747. The van der Waals surface area contributed by atoms with Crippen LogP contribution in [-0.4, -0.2) is 45.4 Å². The molecule has 1 aliphatic heterocycles. The molecule has 0 spiro atoms. The molecule has 0 aliphatic carbocycles. The first-order valence-electron chi connectivity index (χ1n) is 9.63. The third-order valence-electron chi connectivity index (χ3n) is 4.90. The molecule has 0 atom stereocenters. The zero-order valence-corrected chi connectivity index (χ0v) is 15.8. The first kappa shape index (κ1) is 18.3. The molecule has 3 aromatic rings. The molecule has 144 valence electrons. The summed E-state index contributed by atoms with van der Waals surface area (Å²) in [6, 6.07) is 21.8. The second-order valence-electron chi connectivity index (χ2n) is 6.73. The van der Waals surface area contributed by atoms with E-state index in [4.69, 9.17) is 9.47 Å². The molecule has 4 rings (SSSR count). The number of nitrogens with zero attached hydrogens (tertiary/aromatic N) is 1. The summed E-state index contributed by atoms with van der Waals surface area (Å²) in [6.07, 6.45) is 0. The number of anilines is 1. The summed E-state index contributed by atoms with van der Waals surface area (Å²) in [4.78, 5) is 14.6. The number of hydrogen-bond donors (Lipinski definition) is 1. The van der Waals surface area contributed by atoms with Crippen molar-refractivity contribution >= 4 is 22.4 Å². The molecule has 0 saturated carbocycles. The lowest BCUT2D eigenvalue weighted by Gasteiger charge is -2.28. The summed E-state index contributed by atoms with van der Waals surface area (Å²) < 4.78 is 11.2. The smallest absolute Gasteiger partial charge is 0.251 e. The van der Waals surface area contributed by atoms with Crippen molar-refractivity contribution in [3.8, 4) is 5.75 Å². The van der Waals surface area contributed by atoms with Gasteiger partial charge >= 0.3 is 0 Å². The average Bonchev–Trinajstić information content (AvgIpc) is 2.77. The largest absolute Gasteiger partial charge is 0.491 e. The van der Waals surface area contributed by atoms with E-state index in [1.54, 1.807) is 0 Å². The highest BCUT2D eigenvalue weighted by Crippen LogP contribution is 2.24. The third kappa shape index (κ3) is 4.26. The lowest BCUT2D eigenvalue weighted by molar-refractivity contribution is 0.0947. The molecule has 1 heterocycles. The molecular formula is C23H24N2O3. The number of carbonyl (C=O) groups is 1. The lowest BCUT2D eigenvalue weighted by atomic mass is 10.1. The molecule has 0 aromatic heterocycles. The Morgan fingerprint density at radius 1 is 0.964 bits per heavy atom. The quantitative estimate of drug-likeness (QED) is 0.669. The van der Waals surface area contributed by atoms with E-state index in [2.05, 4.69) is 22.3 Å². The van der Waals surface area contributed by atoms with Crippen LogP contribution in [0.5, 0.6) is 5.75 Å². The molecule has 0 unspecified atom stereocenters. The van der Waals surface area contributed by atoms with Crippen molar-refractivity contribution in [2.75, 3.05) is 44.4 Å². The standard InChI is InChI=1S/C23H24N2O3/c26-23(19-8-10-20(11-9-19)25-13-16-27-17-14-25)24-12-15-28-22-7-3-5-18-4-1-2-6-21(18)22/h1-11H,12-17H2,(H,24,26). The van der Waals surface area contributed by atoms with Gasteiger partial charge in [-0.15, -0.1) is 0 Å². The normalized spacial score (nSPS) is 14.1. The van der Waals surface area contributed by atoms with Crippen LogP contribution in [0.4, 0.5) is 5.69 Å². The molecule has 5 nitrogen and oxygen atoms in total. The molecule has 5 heteroatoms. The van der Waals surface area contributed by atoms with Crippen LogP contribution >= 0.6 is 0 Å². The van der Waals surface area contributed by atoms with Crippen molar-refractivity contribution in [2.24, 2.45) is 0 Å². The fourth-order valence-corrected chi connectivity index (χ4v) is 3.39. The maximum absolute atomic E-state index is 12.4. The minimum Gasteiger partial charge on any atom is -0.491 e. The summed E-state index contributed by atoms with van der Waals surface area (Å²) in [5, 5.41) is 5.14. The molecule has 28 heavy (non-hydrogen) atoms. The predicted molar refractivity (Wildman–Crippen MR) is 111 cm³/mol. The van der Waals surface area contributed by atoms with E-state index in [9.17, 15) is 4.79 Å². The first-order valence-corrected chi connectivity index (χ1v) is 9.63. The molecule has 1 saturated heterocycles. The van der Waals surface area contributed by atoms with Gasteiger partial charge < -0.3 is 19.7 Å². The summed E-state index contributed by atoms with van der Waals surface area (Å²) >= 11 is 0. The molecule has 1 N–H and O–H groups in total. The number of hydrogen-bond acceptors (Lipinski definition) is 4. The molecule has 0 bridgehead atoms. The molecule has 1 fully saturated rings. The second-order valence-corrected chi connectivity index (χ2v) is 6.73. The van der Waals surface area contributed by atoms with Crippen LogP contribution in [-0.2, 0) is 4.74 Å². The topological polar surface area (TPSA) is 50.8 Å². The van der Waals surface area contributed by atoms with Gasteiger partial charge in [-0.05, 0) is 35.7 Å². The van der Waals surface area contributed by atoms with Gasteiger partial charge in [0, 0.05) is 29.7 Å². The van der Waals surface area contributed by atoms with Gasteiger partial charge in [0.25, 0.3) is 5.91 Å². The zero-order valence-electron chi connectivity index (χ0n) is 15.8. The van der Waals surface area contributed by atoms with E-state index in [-0.39, 0.29) is 5.91 Å². The van der Waals surface area contributed by atoms with Gasteiger partial charge in [0.2, 0.25) is 0 Å². The Morgan fingerprint density at radius 3 is 2.54 bits per heavy atom. The van der Waals surface area contributed by atoms with Crippen molar-refractivity contribution in [3.63, 3.8) is 0 Å². The van der Waals surface area contributed by atoms with Gasteiger partial charge in [-0.2, -0.15) is 0 Å². The van der Waals surface area contributed by atoms with Crippen molar-refractivity contribution in [1.82, 2.24) is 5.32 Å². The van der Waals surface area contributed by atoms with Gasteiger partial charge in [0.05, 0.1) is 19.8 Å². The highest BCUT2D eigenvalue weighted by molar-refractivity contribution is 5.94. The maximum atomic E-state index is 12.4. The number of nitrogens with one attached hydrogen (secondary N) is 1. The minimum atomic E-state index is -0.0879. The molecule has 1 aliphatic rings. The summed E-state index contributed by atoms with van der Waals surface area (Å²) in [7, 11) is 0. The number of morpholine rings is 1. The van der Waals surface area contributed by atoms with Crippen LogP contribution in [0.3, 0.4) is 0 Å². The highest BCUT2D eigenvalue weighted by atomic mass is 16.5. The Bertz CT molecular complexity index is 929. The van der Waals surface area contributed by atoms with Crippen molar-refractivity contribution in [3.05, 3.63) is 72.3 Å². The van der Waals surface area contributed by atoms with E-state index < -0.39 is 0 Å². The fraction of sp³-hybridized carbons (Fsp3) is 0.261. The Labute approximate surface area is 164 Å². The Balaban J connectivity index is 1.28. The number of fused-ring (bicyclic) bond motifs is 1. The molecular weight excluding hydrogens is 352 g/mol. The van der Waals surface area contributed by atoms with Crippen LogP contribution < -0.4 is 15.0 Å². The monoisotopic (exact) mass is 376 g/mol. The van der Waals surface area contributed by atoms with Crippen LogP contribution in [0.15, 0.2) is 66.7 Å². The number of carbonyl (C=O) groups excluding carboxylic acids is 1.